The molecule has 0 heterocycles. The van der Waals surface area contributed by atoms with Crippen molar-refractivity contribution in [2.45, 2.75) is 96.2 Å². The predicted octanol–water partition coefficient (Wildman–Crippen LogP) is 4.13. The summed E-state index contributed by atoms with van der Waals surface area (Å²) in [5.41, 5.74) is 5.62. The maximum Gasteiger partial charge on any atom is 0.175 e. The fourth-order valence-electron chi connectivity index (χ4n) is 2.79. The smallest absolute Gasteiger partial charge is 0.175 e. The average molecular weight is 318 g/mol. The van der Waals surface area contributed by atoms with Crippen LogP contribution in [0.3, 0.4) is 0 Å². The Kier molecular flexibility index (Phi) is 14.6. The van der Waals surface area contributed by atoms with Crippen molar-refractivity contribution in [1.29, 1.82) is 0 Å². The van der Waals surface area contributed by atoms with E-state index in [2.05, 4.69) is 13.5 Å². The molecule has 0 fully saturated rings. The minimum absolute atomic E-state index is 0.825. The molecule has 0 aromatic heterocycles. The third-order valence-corrected chi connectivity index (χ3v) is 11.2. The van der Waals surface area contributed by atoms with Crippen LogP contribution in [0.25, 0.3) is 0 Å². The molecule has 1 atom stereocenters. The van der Waals surface area contributed by atoms with Crippen LogP contribution in [0.15, 0.2) is 0 Å². The van der Waals surface area contributed by atoms with Gasteiger partial charge in [-0.3, -0.25) is 0 Å². The Bertz CT molecular complexity index is 205. The van der Waals surface area contributed by atoms with E-state index >= 15 is 0 Å². The Hall–Kier alpha value is 0.354. The van der Waals surface area contributed by atoms with E-state index in [4.69, 9.17) is 9.85 Å². The third-order valence-electron chi connectivity index (χ3n) is 4.46. The van der Waals surface area contributed by atoms with Crippen molar-refractivity contribution < 1.29 is 4.12 Å². The summed E-state index contributed by atoms with van der Waals surface area (Å²) in [6.45, 7) is 5.52. The van der Waals surface area contributed by atoms with Gasteiger partial charge in [-0.2, -0.15) is 0 Å². The highest BCUT2D eigenvalue weighted by atomic mass is 28.4. The average Bonchev–Trinajstić information content (AvgIpc) is 2.47. The van der Waals surface area contributed by atoms with E-state index in [9.17, 15) is 0 Å². The van der Waals surface area contributed by atoms with Gasteiger partial charge in [-0.25, -0.2) is 0 Å². The topological polar surface area (TPSA) is 35.2 Å². The molecule has 0 aromatic carbocycles. The molecule has 0 aromatic rings. The van der Waals surface area contributed by atoms with Crippen LogP contribution in [-0.4, -0.2) is 25.3 Å². The van der Waals surface area contributed by atoms with Crippen LogP contribution in [0.2, 0.25) is 18.6 Å². The van der Waals surface area contributed by atoms with E-state index in [1.54, 1.807) is 0 Å². The van der Waals surface area contributed by atoms with Gasteiger partial charge in [-0.1, -0.05) is 71.1 Å². The van der Waals surface area contributed by atoms with E-state index in [-0.39, 0.29) is 0 Å². The lowest BCUT2D eigenvalue weighted by atomic mass is 10.1. The highest BCUT2D eigenvalue weighted by Gasteiger charge is 2.25. The summed E-state index contributed by atoms with van der Waals surface area (Å²) in [7, 11) is -0.448. The minimum atomic E-state index is -1.35. The van der Waals surface area contributed by atoms with Crippen LogP contribution in [0.5, 0.6) is 0 Å². The van der Waals surface area contributed by atoms with Crippen molar-refractivity contribution in [3.63, 3.8) is 0 Å². The first kappa shape index (κ1) is 20.4. The van der Waals surface area contributed by atoms with E-state index in [0.29, 0.717) is 0 Å². The largest absolute Gasteiger partial charge is 0.463 e. The highest BCUT2D eigenvalue weighted by Crippen LogP contribution is 2.22. The highest BCUT2D eigenvalue weighted by molar-refractivity contribution is 6.74. The Labute approximate surface area is 131 Å². The molecule has 122 valence electrons. The summed E-state index contributed by atoms with van der Waals surface area (Å²) >= 11 is 0. The normalized spacial score (nSPS) is 14.6. The minimum Gasteiger partial charge on any atom is -0.463 e. The molecular formula is C16H39NOSi2. The van der Waals surface area contributed by atoms with Crippen molar-refractivity contribution in [3.05, 3.63) is 0 Å². The number of hydrogen-bond acceptors (Lipinski definition) is 2. The molecule has 0 amide bonds. The molecule has 0 aliphatic carbocycles. The number of rotatable bonds is 15. The lowest BCUT2D eigenvalue weighted by Gasteiger charge is -2.26. The van der Waals surface area contributed by atoms with E-state index in [1.165, 1.54) is 76.3 Å². The van der Waals surface area contributed by atoms with Crippen LogP contribution in [-0.2, 0) is 4.12 Å². The molecule has 1 unspecified atom stereocenters. The summed E-state index contributed by atoms with van der Waals surface area (Å²) < 4.78 is 5.94. The number of unbranched alkanes of at least 4 members (excludes halogenated alkanes) is 9. The third kappa shape index (κ3) is 12.1. The van der Waals surface area contributed by atoms with Crippen LogP contribution in [0.1, 0.15) is 77.6 Å². The van der Waals surface area contributed by atoms with Gasteiger partial charge in [0.25, 0.3) is 0 Å². The van der Waals surface area contributed by atoms with Gasteiger partial charge >= 0.3 is 0 Å². The summed E-state index contributed by atoms with van der Waals surface area (Å²) in [6.07, 6.45) is 15.4. The molecule has 4 heteroatoms. The van der Waals surface area contributed by atoms with Crippen LogP contribution in [0, 0.1) is 0 Å². The van der Waals surface area contributed by atoms with Gasteiger partial charge in [0.1, 0.15) is 10.5 Å². The quantitative estimate of drug-likeness (QED) is 0.364. The summed E-state index contributed by atoms with van der Waals surface area (Å²) in [4.78, 5) is 0. The fourth-order valence-corrected chi connectivity index (χ4v) is 6.62. The molecule has 2 N–H and O–H groups in total. The first-order chi connectivity index (χ1) is 9.68. The molecule has 0 spiro atoms. The van der Waals surface area contributed by atoms with Crippen molar-refractivity contribution in [3.8, 4) is 0 Å². The van der Waals surface area contributed by atoms with Crippen molar-refractivity contribution >= 4 is 18.8 Å². The lowest BCUT2D eigenvalue weighted by molar-refractivity contribution is 0.548. The Morgan fingerprint density at radius 1 is 0.800 bits per heavy atom. The maximum atomic E-state index is 5.94. The molecule has 0 saturated carbocycles. The second kappa shape index (κ2) is 14.3. The Balaban J connectivity index is 3.37. The van der Waals surface area contributed by atoms with Gasteiger partial charge in [0, 0.05) is 0 Å². The first-order valence-corrected chi connectivity index (χ1v) is 12.6. The molecule has 0 aliphatic heterocycles. The zero-order valence-electron chi connectivity index (χ0n) is 14.4. The zero-order chi connectivity index (χ0) is 15.1. The van der Waals surface area contributed by atoms with Gasteiger partial charge in [0.2, 0.25) is 0 Å². The monoisotopic (exact) mass is 317 g/mol. The SMILES string of the molecule is CCCCCCCCCCCC[Si](C)(CCCN)O[SiH3]. The second-order valence-corrected chi connectivity index (χ2v) is 12.0. The van der Waals surface area contributed by atoms with Gasteiger partial charge < -0.3 is 9.85 Å². The molecule has 0 aliphatic rings. The molecular weight excluding hydrogens is 278 g/mol. The zero-order valence-corrected chi connectivity index (χ0v) is 17.4. The molecule has 2 nitrogen and oxygen atoms in total. The van der Waals surface area contributed by atoms with Gasteiger partial charge in [-0.05, 0) is 31.6 Å². The molecule has 20 heavy (non-hydrogen) atoms. The van der Waals surface area contributed by atoms with Crippen LogP contribution < -0.4 is 5.73 Å². The fraction of sp³-hybridized carbons (Fsp3) is 1.00. The van der Waals surface area contributed by atoms with Crippen LogP contribution in [0.4, 0.5) is 0 Å². The molecule has 0 saturated heterocycles. The van der Waals surface area contributed by atoms with Crippen molar-refractivity contribution in [1.82, 2.24) is 0 Å². The molecule has 0 rings (SSSR count). The van der Waals surface area contributed by atoms with Crippen molar-refractivity contribution in [2.24, 2.45) is 5.73 Å². The molecule has 0 bridgehead atoms. The van der Waals surface area contributed by atoms with E-state index in [0.717, 1.165) is 23.5 Å². The molecule has 0 radical (unpaired) electrons. The summed E-state index contributed by atoms with van der Waals surface area (Å²) in [5, 5.41) is 0. The Morgan fingerprint density at radius 2 is 1.25 bits per heavy atom. The summed E-state index contributed by atoms with van der Waals surface area (Å²) in [5.74, 6) is 0. The van der Waals surface area contributed by atoms with Gasteiger partial charge in [0.15, 0.2) is 8.32 Å². The van der Waals surface area contributed by atoms with Gasteiger partial charge in [-0.15, -0.1) is 0 Å². The lowest BCUT2D eigenvalue weighted by Crippen LogP contribution is -2.34. The van der Waals surface area contributed by atoms with Crippen molar-refractivity contribution in [2.75, 3.05) is 6.54 Å². The van der Waals surface area contributed by atoms with E-state index < -0.39 is 8.32 Å². The van der Waals surface area contributed by atoms with Gasteiger partial charge in [0.05, 0.1) is 0 Å². The Morgan fingerprint density at radius 3 is 1.70 bits per heavy atom. The number of nitrogens with two attached hydrogens (primary N) is 1. The number of hydrogen-bond donors (Lipinski definition) is 1. The van der Waals surface area contributed by atoms with E-state index in [1.807, 2.05) is 0 Å². The van der Waals surface area contributed by atoms with Crippen LogP contribution >= 0.6 is 0 Å². The standard InChI is InChI=1S/C16H39NOSi2/c1-3-4-5-6-7-8-9-10-11-12-15-20(2,18-19)16-13-14-17/h3-17H2,1-2,19H3. The summed E-state index contributed by atoms with van der Waals surface area (Å²) in [6, 6.07) is 2.62. The maximum absolute atomic E-state index is 5.94. The first-order valence-electron chi connectivity index (χ1n) is 8.93. The predicted molar refractivity (Wildman–Crippen MR) is 97.8 cm³/mol. The second-order valence-electron chi connectivity index (χ2n) is 6.48.